The third-order valence-corrected chi connectivity index (χ3v) is 5.16. The Morgan fingerprint density at radius 3 is 2.76 bits per heavy atom. The van der Waals surface area contributed by atoms with Crippen molar-refractivity contribution in [3.63, 3.8) is 0 Å². The lowest BCUT2D eigenvalue weighted by molar-refractivity contribution is 0.102. The van der Waals surface area contributed by atoms with Crippen molar-refractivity contribution in [1.29, 1.82) is 0 Å². The molecule has 2 saturated heterocycles. The zero-order valence-electron chi connectivity index (χ0n) is 15.2. The van der Waals surface area contributed by atoms with E-state index in [-0.39, 0.29) is 6.03 Å². The summed E-state index contributed by atoms with van der Waals surface area (Å²) in [7, 11) is 0. The van der Waals surface area contributed by atoms with Crippen molar-refractivity contribution < 1.29 is 9.53 Å². The summed E-state index contributed by atoms with van der Waals surface area (Å²) in [5.41, 5.74) is 1.25. The van der Waals surface area contributed by atoms with E-state index in [1.54, 1.807) is 0 Å². The Bertz CT molecular complexity index is 517. The van der Waals surface area contributed by atoms with E-state index in [9.17, 15) is 4.79 Å². The van der Waals surface area contributed by atoms with Crippen LogP contribution in [0, 0.1) is 0 Å². The average molecular weight is 345 g/mol. The fraction of sp³-hybridized carbons (Fsp3) is 0.650. The minimum atomic E-state index is 0.0898. The van der Waals surface area contributed by atoms with Crippen LogP contribution in [0.3, 0.4) is 0 Å². The molecule has 2 amide bonds. The van der Waals surface area contributed by atoms with Gasteiger partial charge in [0.05, 0.1) is 6.10 Å². The van der Waals surface area contributed by atoms with Crippen LogP contribution in [0.15, 0.2) is 30.3 Å². The van der Waals surface area contributed by atoms with Gasteiger partial charge in [0.25, 0.3) is 0 Å². The zero-order chi connectivity index (χ0) is 17.3. The third-order valence-electron chi connectivity index (χ3n) is 5.16. The molecule has 0 aromatic heterocycles. The van der Waals surface area contributed by atoms with E-state index in [2.05, 4.69) is 34.5 Å². The minimum Gasteiger partial charge on any atom is -0.378 e. The first-order valence-corrected chi connectivity index (χ1v) is 9.77. The smallest absolute Gasteiger partial charge is 0.317 e. The Morgan fingerprint density at radius 1 is 1.08 bits per heavy atom. The molecule has 5 heteroatoms. The number of unbranched alkanes of at least 4 members (excludes halogenated alkanes) is 1. The maximum atomic E-state index is 12.4. The molecule has 1 N–H and O–H groups in total. The van der Waals surface area contributed by atoms with Crippen LogP contribution in [0.1, 0.15) is 38.5 Å². The molecular formula is C20H31N3O2. The van der Waals surface area contributed by atoms with Gasteiger partial charge in [-0.2, -0.15) is 0 Å². The molecule has 1 atom stereocenters. The van der Waals surface area contributed by atoms with E-state index in [1.807, 2.05) is 11.0 Å². The van der Waals surface area contributed by atoms with E-state index in [4.69, 9.17) is 4.74 Å². The van der Waals surface area contributed by atoms with Crippen LogP contribution in [0.2, 0.25) is 0 Å². The van der Waals surface area contributed by atoms with Crippen molar-refractivity contribution in [3.05, 3.63) is 30.3 Å². The van der Waals surface area contributed by atoms with Crippen molar-refractivity contribution >= 4 is 11.7 Å². The summed E-state index contributed by atoms with van der Waals surface area (Å²) in [6.07, 6.45) is 7.19. The Hall–Kier alpha value is -1.75. The molecule has 0 aliphatic carbocycles. The van der Waals surface area contributed by atoms with Gasteiger partial charge in [0.2, 0.25) is 0 Å². The largest absolute Gasteiger partial charge is 0.378 e. The Labute approximate surface area is 151 Å². The molecule has 0 radical (unpaired) electrons. The van der Waals surface area contributed by atoms with Crippen molar-refractivity contribution in [3.8, 4) is 0 Å². The number of benzene rings is 1. The van der Waals surface area contributed by atoms with Gasteiger partial charge in [-0.15, -0.1) is 0 Å². The molecule has 5 nitrogen and oxygen atoms in total. The van der Waals surface area contributed by atoms with Gasteiger partial charge in [-0.25, -0.2) is 4.79 Å². The number of nitrogens with zero attached hydrogens (tertiary/aromatic N) is 2. The van der Waals surface area contributed by atoms with Gasteiger partial charge in [0.15, 0.2) is 0 Å². The number of rotatable bonds is 6. The molecule has 0 spiro atoms. The molecule has 3 rings (SSSR count). The van der Waals surface area contributed by atoms with Gasteiger partial charge in [-0.3, -0.25) is 0 Å². The van der Waals surface area contributed by atoms with Gasteiger partial charge < -0.3 is 19.9 Å². The summed E-state index contributed by atoms with van der Waals surface area (Å²) < 4.78 is 5.64. The maximum Gasteiger partial charge on any atom is 0.317 e. The molecule has 25 heavy (non-hydrogen) atoms. The first kappa shape index (κ1) is 18.1. The fourth-order valence-electron chi connectivity index (χ4n) is 3.69. The molecule has 2 aliphatic rings. The number of para-hydroxylation sites is 1. The van der Waals surface area contributed by atoms with Crippen LogP contribution in [0.4, 0.5) is 10.5 Å². The SMILES string of the molecule is O=C(NCCCC[C@H]1CCCO1)N1CCCN(c2ccccc2)CC1. The lowest BCUT2D eigenvalue weighted by Crippen LogP contribution is -2.42. The lowest BCUT2D eigenvalue weighted by Gasteiger charge is -2.24. The highest BCUT2D eigenvalue weighted by Crippen LogP contribution is 2.18. The number of carbonyl (C=O) groups is 1. The van der Waals surface area contributed by atoms with Crippen LogP contribution in [0.5, 0.6) is 0 Å². The number of ether oxygens (including phenoxy) is 1. The highest BCUT2D eigenvalue weighted by Gasteiger charge is 2.19. The molecule has 0 bridgehead atoms. The van der Waals surface area contributed by atoms with Gasteiger partial charge in [0, 0.05) is 45.0 Å². The molecule has 138 valence electrons. The van der Waals surface area contributed by atoms with Gasteiger partial charge in [-0.1, -0.05) is 18.2 Å². The minimum absolute atomic E-state index is 0.0898. The second kappa shape index (κ2) is 9.66. The van der Waals surface area contributed by atoms with Gasteiger partial charge >= 0.3 is 6.03 Å². The quantitative estimate of drug-likeness (QED) is 0.805. The molecule has 1 aromatic rings. The van der Waals surface area contributed by atoms with Crippen LogP contribution >= 0.6 is 0 Å². The Balaban J connectivity index is 1.33. The van der Waals surface area contributed by atoms with Crippen molar-refractivity contribution in [2.45, 2.75) is 44.6 Å². The second-order valence-electron chi connectivity index (χ2n) is 7.03. The average Bonchev–Trinajstić information content (AvgIpc) is 3.04. The molecule has 0 unspecified atom stereocenters. The molecule has 2 aliphatic heterocycles. The first-order chi connectivity index (χ1) is 12.3. The summed E-state index contributed by atoms with van der Waals surface area (Å²) >= 11 is 0. The van der Waals surface area contributed by atoms with Crippen LogP contribution in [-0.4, -0.2) is 56.4 Å². The van der Waals surface area contributed by atoms with Crippen LogP contribution < -0.4 is 10.2 Å². The number of urea groups is 1. The number of hydrogen-bond donors (Lipinski definition) is 1. The van der Waals surface area contributed by atoms with Gasteiger partial charge in [-0.05, 0) is 50.7 Å². The van der Waals surface area contributed by atoms with Crippen molar-refractivity contribution in [2.24, 2.45) is 0 Å². The molecular weight excluding hydrogens is 314 g/mol. The van der Waals surface area contributed by atoms with E-state index in [1.165, 1.54) is 18.5 Å². The number of hydrogen-bond acceptors (Lipinski definition) is 3. The Morgan fingerprint density at radius 2 is 1.96 bits per heavy atom. The number of amides is 2. The highest BCUT2D eigenvalue weighted by atomic mass is 16.5. The predicted octanol–water partition coefficient (Wildman–Crippen LogP) is 3.26. The van der Waals surface area contributed by atoms with E-state index < -0.39 is 0 Å². The van der Waals surface area contributed by atoms with E-state index in [0.29, 0.717) is 6.10 Å². The first-order valence-electron chi connectivity index (χ1n) is 9.77. The zero-order valence-corrected chi connectivity index (χ0v) is 15.2. The fourth-order valence-corrected chi connectivity index (χ4v) is 3.69. The summed E-state index contributed by atoms with van der Waals surface area (Å²) in [6, 6.07) is 10.6. The number of nitrogens with one attached hydrogen (secondary N) is 1. The van der Waals surface area contributed by atoms with Crippen LogP contribution in [-0.2, 0) is 4.74 Å². The van der Waals surface area contributed by atoms with Crippen molar-refractivity contribution in [1.82, 2.24) is 10.2 Å². The monoisotopic (exact) mass is 345 g/mol. The topological polar surface area (TPSA) is 44.8 Å². The van der Waals surface area contributed by atoms with Gasteiger partial charge in [0.1, 0.15) is 0 Å². The maximum absolute atomic E-state index is 12.4. The lowest BCUT2D eigenvalue weighted by atomic mass is 10.1. The molecule has 0 saturated carbocycles. The normalized spacial score (nSPS) is 21.2. The summed E-state index contributed by atoms with van der Waals surface area (Å²) in [6.45, 7) is 5.23. The molecule has 2 fully saturated rings. The standard InChI is InChI=1S/C20H31N3O2/c24-20(21-12-5-4-10-19-11-6-17-25-19)23-14-7-13-22(15-16-23)18-8-2-1-3-9-18/h1-3,8-9,19H,4-7,10-17H2,(H,21,24)/t19-/m0/s1. The van der Waals surface area contributed by atoms with Crippen LogP contribution in [0.25, 0.3) is 0 Å². The van der Waals surface area contributed by atoms with Crippen molar-refractivity contribution in [2.75, 3.05) is 44.2 Å². The molecule has 2 heterocycles. The highest BCUT2D eigenvalue weighted by molar-refractivity contribution is 5.74. The number of carbonyl (C=O) groups excluding carboxylic acids is 1. The summed E-state index contributed by atoms with van der Waals surface area (Å²) in [5, 5.41) is 3.09. The van der Waals surface area contributed by atoms with E-state index >= 15 is 0 Å². The summed E-state index contributed by atoms with van der Waals surface area (Å²) in [4.78, 5) is 16.7. The summed E-state index contributed by atoms with van der Waals surface area (Å²) in [5.74, 6) is 0. The second-order valence-corrected chi connectivity index (χ2v) is 7.03. The Kier molecular flexibility index (Phi) is 6.98. The molecule has 1 aromatic carbocycles. The predicted molar refractivity (Wildman–Crippen MR) is 101 cm³/mol. The number of anilines is 1. The van der Waals surface area contributed by atoms with E-state index in [0.717, 1.165) is 65.0 Å². The third kappa shape index (κ3) is 5.63.